The van der Waals surface area contributed by atoms with Crippen LogP contribution >= 0.6 is 0 Å². The summed E-state index contributed by atoms with van der Waals surface area (Å²) in [5.41, 5.74) is 12.0. The number of primary amides is 1. The highest BCUT2D eigenvalue weighted by Gasteiger charge is 2.29. The number of carbonyl (C=O) groups is 4. The minimum absolute atomic E-state index is 0.0293. The van der Waals surface area contributed by atoms with Gasteiger partial charge in [-0.15, -0.1) is 0 Å². The molecule has 0 aliphatic carbocycles. The Hall–Kier alpha value is -3.44. The fourth-order valence-electron chi connectivity index (χ4n) is 2.76. The molecule has 3 amide bonds. The molecule has 0 aliphatic heterocycles. The summed E-state index contributed by atoms with van der Waals surface area (Å²) in [6.45, 7) is -0.672. The Morgan fingerprint density at radius 2 is 1.72 bits per heavy atom. The normalized spacial score (nSPS) is 14.0. The first-order valence-electron chi connectivity index (χ1n) is 8.76. The van der Waals surface area contributed by atoms with E-state index in [-0.39, 0.29) is 6.42 Å². The first kappa shape index (κ1) is 21.9. The Morgan fingerprint density at radius 1 is 1.07 bits per heavy atom. The van der Waals surface area contributed by atoms with Gasteiger partial charge in [0.25, 0.3) is 0 Å². The minimum Gasteiger partial charge on any atom is -0.480 e. The van der Waals surface area contributed by atoms with Gasteiger partial charge < -0.3 is 37.3 Å². The van der Waals surface area contributed by atoms with Crippen LogP contribution in [0.3, 0.4) is 0 Å². The minimum atomic E-state index is -1.43. The lowest BCUT2D eigenvalue weighted by Crippen LogP contribution is -2.56. The van der Waals surface area contributed by atoms with E-state index in [0.29, 0.717) is 5.56 Å². The molecule has 0 radical (unpaired) electrons. The molecule has 11 heteroatoms. The lowest BCUT2D eigenvalue weighted by molar-refractivity contribution is -0.142. The number of aliphatic hydroxyl groups excluding tert-OH is 1. The number of fused-ring (bicyclic) bond motifs is 1. The van der Waals surface area contributed by atoms with Crippen molar-refractivity contribution in [3.8, 4) is 0 Å². The third-order valence-electron chi connectivity index (χ3n) is 4.29. The molecule has 0 saturated heterocycles. The van der Waals surface area contributed by atoms with E-state index in [2.05, 4.69) is 15.6 Å². The van der Waals surface area contributed by atoms with Crippen LogP contribution in [-0.2, 0) is 25.6 Å². The Kier molecular flexibility index (Phi) is 7.28. The number of carbonyl (C=O) groups excluding carboxylic acids is 3. The summed E-state index contributed by atoms with van der Waals surface area (Å²) in [6, 6.07) is 3.22. The van der Waals surface area contributed by atoms with E-state index in [4.69, 9.17) is 16.6 Å². The summed E-state index contributed by atoms with van der Waals surface area (Å²) in [4.78, 5) is 50.3. The third-order valence-corrected chi connectivity index (χ3v) is 4.29. The lowest BCUT2D eigenvalue weighted by Gasteiger charge is -2.21. The molecule has 29 heavy (non-hydrogen) atoms. The second kappa shape index (κ2) is 9.66. The van der Waals surface area contributed by atoms with Crippen molar-refractivity contribution in [1.29, 1.82) is 0 Å². The fourth-order valence-corrected chi connectivity index (χ4v) is 2.76. The number of H-pyrrole nitrogens is 1. The Balaban J connectivity index is 2.15. The molecular weight excluding hydrogens is 382 g/mol. The fraction of sp³-hybridized carbons (Fsp3) is 0.333. The molecule has 9 N–H and O–H groups in total. The average molecular weight is 405 g/mol. The zero-order valence-corrected chi connectivity index (χ0v) is 15.4. The summed E-state index contributed by atoms with van der Waals surface area (Å²) in [7, 11) is 0. The van der Waals surface area contributed by atoms with Crippen LogP contribution in [0.1, 0.15) is 12.0 Å². The van der Waals surface area contributed by atoms with Crippen molar-refractivity contribution in [1.82, 2.24) is 15.6 Å². The van der Waals surface area contributed by atoms with Crippen molar-refractivity contribution in [3.63, 3.8) is 0 Å². The standard InChI is InChI=1S/C18H23N5O6/c19-11(8-24)16(26)22-13(6-15(20)25)17(27)23-14(18(28)29)5-9-7-21-12-4-2-1-3-10(9)12/h1-4,7,11,13-14,21,24H,5-6,8,19H2,(H2,20,25)(H,22,26)(H,23,27)(H,28,29)/t11-,13-,14-/m0/s1. The number of aliphatic hydroxyl groups is 1. The third kappa shape index (κ3) is 5.77. The SMILES string of the molecule is NC(=O)C[C@H](NC(=O)[C@@H](N)CO)C(=O)N[C@@H](Cc1c[nH]c2ccccc12)C(=O)O. The molecule has 2 aromatic rings. The number of nitrogens with two attached hydrogens (primary N) is 2. The second-order valence-electron chi connectivity index (χ2n) is 6.48. The van der Waals surface area contributed by atoms with Crippen molar-refractivity contribution in [2.24, 2.45) is 11.5 Å². The molecule has 0 aliphatic rings. The van der Waals surface area contributed by atoms with Crippen LogP contribution in [-0.4, -0.2) is 63.6 Å². The number of nitrogens with one attached hydrogen (secondary N) is 3. The van der Waals surface area contributed by atoms with E-state index in [1.807, 2.05) is 18.2 Å². The molecule has 156 valence electrons. The predicted octanol–water partition coefficient (Wildman–Crippen LogP) is -2.04. The van der Waals surface area contributed by atoms with E-state index in [0.717, 1.165) is 10.9 Å². The Bertz CT molecular complexity index is 911. The smallest absolute Gasteiger partial charge is 0.326 e. The van der Waals surface area contributed by atoms with E-state index in [9.17, 15) is 24.3 Å². The van der Waals surface area contributed by atoms with Crippen LogP contribution in [0.25, 0.3) is 10.9 Å². The number of amides is 3. The van der Waals surface area contributed by atoms with Gasteiger partial charge in [0.15, 0.2) is 0 Å². The monoisotopic (exact) mass is 405 g/mol. The number of aromatic nitrogens is 1. The van der Waals surface area contributed by atoms with Crippen LogP contribution in [0.15, 0.2) is 30.5 Å². The van der Waals surface area contributed by atoms with Gasteiger partial charge in [0.05, 0.1) is 13.0 Å². The summed E-state index contributed by atoms with van der Waals surface area (Å²) in [5, 5.41) is 23.8. The molecule has 1 heterocycles. The largest absolute Gasteiger partial charge is 0.480 e. The highest BCUT2D eigenvalue weighted by molar-refractivity contribution is 5.95. The molecule has 1 aromatic heterocycles. The number of hydrogen-bond donors (Lipinski definition) is 7. The number of carboxylic acid groups (broad SMARTS) is 1. The van der Waals surface area contributed by atoms with Gasteiger partial charge in [-0.05, 0) is 11.6 Å². The topological polar surface area (TPSA) is 201 Å². The van der Waals surface area contributed by atoms with Gasteiger partial charge in [0.2, 0.25) is 17.7 Å². The van der Waals surface area contributed by atoms with Crippen LogP contribution in [0, 0.1) is 0 Å². The molecule has 3 atom stereocenters. The highest BCUT2D eigenvalue weighted by atomic mass is 16.4. The van der Waals surface area contributed by atoms with Gasteiger partial charge in [-0.1, -0.05) is 18.2 Å². The number of rotatable bonds is 10. The van der Waals surface area contributed by atoms with Crippen molar-refractivity contribution in [2.45, 2.75) is 31.0 Å². The molecule has 11 nitrogen and oxygen atoms in total. The van der Waals surface area contributed by atoms with Crippen molar-refractivity contribution in [2.75, 3.05) is 6.61 Å². The average Bonchev–Trinajstić information content (AvgIpc) is 3.08. The summed E-state index contributed by atoms with van der Waals surface area (Å²) in [5.74, 6) is -3.96. The maximum Gasteiger partial charge on any atom is 0.326 e. The Morgan fingerprint density at radius 3 is 2.34 bits per heavy atom. The second-order valence-corrected chi connectivity index (χ2v) is 6.48. The number of para-hydroxylation sites is 1. The van der Waals surface area contributed by atoms with Crippen molar-refractivity contribution >= 4 is 34.6 Å². The van der Waals surface area contributed by atoms with Gasteiger partial charge in [-0.25, -0.2) is 4.79 Å². The molecular formula is C18H23N5O6. The molecule has 0 saturated carbocycles. The first-order valence-corrected chi connectivity index (χ1v) is 8.76. The van der Waals surface area contributed by atoms with Crippen molar-refractivity contribution < 1.29 is 29.4 Å². The molecule has 1 aromatic carbocycles. The maximum atomic E-state index is 12.5. The summed E-state index contributed by atoms with van der Waals surface area (Å²) < 4.78 is 0. The molecule has 0 unspecified atom stereocenters. The van der Waals surface area contributed by atoms with E-state index in [1.54, 1.807) is 12.3 Å². The number of hydrogen-bond acceptors (Lipinski definition) is 6. The van der Waals surface area contributed by atoms with Crippen molar-refractivity contribution in [3.05, 3.63) is 36.0 Å². The van der Waals surface area contributed by atoms with Gasteiger partial charge in [-0.2, -0.15) is 0 Å². The quantitative estimate of drug-likeness (QED) is 0.236. The van der Waals surface area contributed by atoms with Gasteiger partial charge in [0, 0.05) is 23.5 Å². The summed E-state index contributed by atoms with van der Waals surface area (Å²) in [6.07, 6.45) is 1.06. The zero-order valence-electron chi connectivity index (χ0n) is 15.4. The van der Waals surface area contributed by atoms with Crippen LogP contribution in [0.5, 0.6) is 0 Å². The summed E-state index contributed by atoms with van der Waals surface area (Å²) >= 11 is 0. The highest BCUT2D eigenvalue weighted by Crippen LogP contribution is 2.19. The molecule has 0 spiro atoms. The first-order chi connectivity index (χ1) is 13.7. The number of aromatic amines is 1. The zero-order chi connectivity index (χ0) is 21.6. The van der Waals surface area contributed by atoms with Gasteiger partial charge >= 0.3 is 5.97 Å². The molecule has 0 fully saturated rings. The predicted molar refractivity (Wildman–Crippen MR) is 102 cm³/mol. The van der Waals surface area contributed by atoms with Crippen LogP contribution in [0.4, 0.5) is 0 Å². The van der Waals surface area contributed by atoms with Crippen LogP contribution in [0.2, 0.25) is 0 Å². The van der Waals surface area contributed by atoms with E-state index in [1.165, 1.54) is 0 Å². The number of carboxylic acids is 1. The maximum absolute atomic E-state index is 12.5. The lowest BCUT2D eigenvalue weighted by atomic mass is 10.0. The van der Waals surface area contributed by atoms with E-state index < -0.39 is 54.8 Å². The molecule has 0 bridgehead atoms. The van der Waals surface area contributed by atoms with Crippen LogP contribution < -0.4 is 22.1 Å². The molecule has 2 rings (SSSR count). The van der Waals surface area contributed by atoms with E-state index >= 15 is 0 Å². The van der Waals surface area contributed by atoms with Gasteiger partial charge in [0.1, 0.15) is 18.1 Å². The number of benzene rings is 1. The Labute approximate surface area is 165 Å². The van der Waals surface area contributed by atoms with Gasteiger partial charge in [-0.3, -0.25) is 14.4 Å². The number of aliphatic carboxylic acids is 1.